The lowest BCUT2D eigenvalue weighted by Crippen LogP contribution is -2.31. The van der Waals surface area contributed by atoms with Crippen molar-refractivity contribution < 1.29 is 9.59 Å². The van der Waals surface area contributed by atoms with Gasteiger partial charge in [0.25, 0.3) is 0 Å². The monoisotopic (exact) mass is 369 g/mol. The molecule has 0 N–H and O–H groups in total. The van der Waals surface area contributed by atoms with Gasteiger partial charge in [-0.05, 0) is 65.7 Å². The van der Waals surface area contributed by atoms with E-state index < -0.39 is 0 Å². The molecule has 1 aliphatic carbocycles. The van der Waals surface area contributed by atoms with Gasteiger partial charge in [0.15, 0.2) is 0 Å². The Morgan fingerprint density at radius 3 is 2.57 bits per heavy atom. The fraction of sp³-hybridized carbons (Fsp3) is 0.500. The van der Waals surface area contributed by atoms with Crippen LogP contribution in [0.2, 0.25) is 5.02 Å². The molecule has 2 aliphatic rings. The first kappa shape index (κ1) is 15.0. The highest BCUT2D eigenvalue weighted by Crippen LogP contribution is 2.43. The minimum absolute atomic E-state index is 0.0570. The van der Waals surface area contributed by atoms with Crippen LogP contribution in [0.15, 0.2) is 16.6 Å². The maximum atomic E-state index is 12.7. The van der Waals surface area contributed by atoms with Crippen molar-refractivity contribution in [2.45, 2.75) is 33.1 Å². The summed E-state index contributed by atoms with van der Waals surface area (Å²) in [4.78, 5) is 26.7. The minimum atomic E-state index is -0.150. The number of hydrogen-bond acceptors (Lipinski definition) is 2. The molecule has 112 valence electrons. The number of rotatable bonds is 1. The number of fused-ring (bicyclic) bond motifs is 1. The second-order valence-electron chi connectivity index (χ2n) is 6.20. The van der Waals surface area contributed by atoms with Gasteiger partial charge in [-0.15, -0.1) is 0 Å². The molecule has 1 saturated carbocycles. The molecule has 1 saturated heterocycles. The molecule has 21 heavy (non-hydrogen) atoms. The number of halogens is 2. The second-order valence-corrected chi connectivity index (χ2v) is 7.46. The number of carbonyl (C=O) groups excluding carboxylic acids is 2. The highest BCUT2D eigenvalue weighted by atomic mass is 79.9. The number of aryl methyl sites for hydroxylation is 1. The lowest BCUT2D eigenvalue weighted by Gasteiger charge is -2.25. The van der Waals surface area contributed by atoms with Gasteiger partial charge in [-0.1, -0.05) is 18.5 Å². The first-order chi connectivity index (χ1) is 9.90. The Hall–Kier alpha value is -0.870. The van der Waals surface area contributed by atoms with E-state index in [1.807, 2.05) is 13.0 Å². The summed E-state index contributed by atoms with van der Waals surface area (Å²) in [6.07, 6.45) is 2.65. The molecule has 3 atom stereocenters. The quantitative estimate of drug-likeness (QED) is 0.690. The van der Waals surface area contributed by atoms with Gasteiger partial charge in [-0.25, -0.2) is 4.90 Å². The number of carbonyl (C=O) groups is 2. The zero-order valence-corrected chi connectivity index (χ0v) is 14.4. The molecule has 5 heteroatoms. The van der Waals surface area contributed by atoms with E-state index in [9.17, 15) is 9.59 Å². The molecular weight excluding hydrogens is 354 g/mol. The first-order valence-corrected chi connectivity index (χ1v) is 8.40. The topological polar surface area (TPSA) is 37.4 Å². The van der Waals surface area contributed by atoms with E-state index >= 15 is 0 Å². The summed E-state index contributed by atoms with van der Waals surface area (Å²) in [6, 6.07) is 3.56. The fourth-order valence-corrected chi connectivity index (χ4v) is 4.12. The highest BCUT2D eigenvalue weighted by Gasteiger charge is 2.50. The lowest BCUT2D eigenvalue weighted by molar-refractivity contribution is -0.122. The van der Waals surface area contributed by atoms with Crippen molar-refractivity contribution in [3.8, 4) is 0 Å². The van der Waals surface area contributed by atoms with E-state index in [1.54, 1.807) is 6.07 Å². The molecule has 0 spiro atoms. The third-order valence-electron chi connectivity index (χ3n) is 4.67. The maximum absolute atomic E-state index is 12.7. The van der Waals surface area contributed by atoms with Crippen LogP contribution in [0, 0.1) is 24.7 Å². The lowest BCUT2D eigenvalue weighted by atomic mass is 9.76. The van der Waals surface area contributed by atoms with E-state index in [4.69, 9.17) is 11.6 Å². The number of benzene rings is 1. The summed E-state index contributed by atoms with van der Waals surface area (Å²) in [6.45, 7) is 4.04. The molecule has 2 fully saturated rings. The van der Waals surface area contributed by atoms with E-state index in [0.717, 1.165) is 29.3 Å². The average Bonchev–Trinajstić information content (AvgIpc) is 2.66. The second kappa shape index (κ2) is 5.40. The number of imide groups is 1. The molecule has 0 bridgehead atoms. The van der Waals surface area contributed by atoms with Crippen LogP contribution in [0.5, 0.6) is 0 Å². The highest BCUT2D eigenvalue weighted by molar-refractivity contribution is 9.10. The zero-order valence-electron chi connectivity index (χ0n) is 12.0. The van der Waals surface area contributed by atoms with Gasteiger partial charge in [-0.2, -0.15) is 0 Å². The predicted octanol–water partition coefficient (Wildman–Crippen LogP) is 4.34. The van der Waals surface area contributed by atoms with Crippen LogP contribution in [-0.4, -0.2) is 11.8 Å². The normalized spacial score (nSPS) is 29.0. The predicted molar refractivity (Wildman–Crippen MR) is 86.4 cm³/mol. The largest absolute Gasteiger partial charge is 0.274 e. The number of anilines is 1. The zero-order chi connectivity index (χ0) is 15.3. The SMILES string of the molecule is Cc1cc(Br)c(Cl)cc1N1C(=O)[C@H]2C[C@H](C)CC[C@H]2C1=O. The van der Waals surface area contributed by atoms with Crippen LogP contribution in [0.4, 0.5) is 5.69 Å². The Bertz CT molecular complexity index is 631. The molecule has 1 aliphatic heterocycles. The van der Waals surface area contributed by atoms with Crippen LogP contribution in [0.3, 0.4) is 0 Å². The van der Waals surface area contributed by atoms with Crippen molar-refractivity contribution in [3.63, 3.8) is 0 Å². The Morgan fingerprint density at radius 2 is 1.86 bits per heavy atom. The van der Waals surface area contributed by atoms with Gasteiger partial charge in [-0.3, -0.25) is 9.59 Å². The molecule has 1 aromatic carbocycles. The van der Waals surface area contributed by atoms with Crippen LogP contribution in [0.25, 0.3) is 0 Å². The van der Waals surface area contributed by atoms with Crippen molar-refractivity contribution in [2.75, 3.05) is 4.90 Å². The van der Waals surface area contributed by atoms with Crippen LogP contribution in [-0.2, 0) is 9.59 Å². The van der Waals surface area contributed by atoms with Crippen LogP contribution < -0.4 is 4.90 Å². The number of amides is 2. The molecule has 0 unspecified atom stereocenters. The first-order valence-electron chi connectivity index (χ1n) is 7.23. The number of hydrogen-bond donors (Lipinski definition) is 0. The molecule has 1 aromatic rings. The van der Waals surface area contributed by atoms with Crippen molar-refractivity contribution >= 4 is 45.0 Å². The third-order valence-corrected chi connectivity index (χ3v) is 5.86. The van der Waals surface area contributed by atoms with Gasteiger partial charge in [0, 0.05) is 4.47 Å². The third kappa shape index (κ3) is 2.42. The van der Waals surface area contributed by atoms with E-state index in [0.29, 0.717) is 16.6 Å². The van der Waals surface area contributed by atoms with Gasteiger partial charge >= 0.3 is 0 Å². The molecule has 2 amide bonds. The molecule has 1 heterocycles. The Morgan fingerprint density at radius 1 is 1.19 bits per heavy atom. The van der Waals surface area contributed by atoms with Crippen LogP contribution in [0.1, 0.15) is 31.7 Å². The summed E-state index contributed by atoms with van der Waals surface area (Å²) < 4.78 is 0.774. The molecule has 3 rings (SSSR count). The molecule has 3 nitrogen and oxygen atoms in total. The van der Waals surface area contributed by atoms with Gasteiger partial charge in [0.1, 0.15) is 0 Å². The van der Waals surface area contributed by atoms with Crippen molar-refractivity contribution in [2.24, 2.45) is 17.8 Å². The summed E-state index contributed by atoms with van der Waals surface area (Å²) >= 11 is 9.51. The van der Waals surface area contributed by atoms with Crippen molar-refractivity contribution in [1.29, 1.82) is 0 Å². The van der Waals surface area contributed by atoms with Crippen molar-refractivity contribution in [1.82, 2.24) is 0 Å². The van der Waals surface area contributed by atoms with Gasteiger partial charge in [0.2, 0.25) is 11.8 Å². The smallest absolute Gasteiger partial charge is 0.237 e. The van der Waals surface area contributed by atoms with E-state index in [2.05, 4.69) is 22.9 Å². The van der Waals surface area contributed by atoms with E-state index in [1.165, 1.54) is 4.90 Å². The summed E-state index contributed by atoms with van der Waals surface area (Å²) in [5.74, 6) is 0.104. The van der Waals surface area contributed by atoms with Gasteiger partial charge < -0.3 is 0 Å². The van der Waals surface area contributed by atoms with Crippen molar-refractivity contribution in [3.05, 3.63) is 27.2 Å². The molecule has 0 aromatic heterocycles. The average molecular weight is 371 g/mol. The standard InChI is InChI=1S/C16H17BrClNO2/c1-8-3-4-10-11(5-8)16(21)19(15(10)20)14-7-13(18)12(17)6-9(14)2/h6-8,10-11H,3-5H2,1-2H3/t8-,10-,11+/m1/s1. The minimum Gasteiger partial charge on any atom is -0.274 e. The van der Waals surface area contributed by atoms with Crippen LogP contribution >= 0.6 is 27.5 Å². The molecular formula is C16H17BrClNO2. The maximum Gasteiger partial charge on any atom is 0.237 e. The fourth-order valence-electron chi connectivity index (χ4n) is 3.50. The van der Waals surface area contributed by atoms with E-state index in [-0.39, 0.29) is 23.7 Å². The van der Waals surface area contributed by atoms with Gasteiger partial charge in [0.05, 0.1) is 22.5 Å². The Labute approximate surface area is 137 Å². The Balaban J connectivity index is 2.01. The summed E-state index contributed by atoms with van der Waals surface area (Å²) in [7, 11) is 0. The summed E-state index contributed by atoms with van der Waals surface area (Å²) in [5.41, 5.74) is 1.50. The molecule has 0 radical (unpaired) electrons. The number of nitrogens with zero attached hydrogens (tertiary/aromatic N) is 1. The Kier molecular flexibility index (Phi) is 3.87. The summed E-state index contributed by atoms with van der Waals surface area (Å²) in [5, 5.41) is 0.513.